The van der Waals surface area contributed by atoms with Gasteiger partial charge in [-0.3, -0.25) is 14.9 Å². The predicted molar refractivity (Wildman–Crippen MR) is 77.5 cm³/mol. The molecule has 1 rings (SSSR count). The summed E-state index contributed by atoms with van der Waals surface area (Å²) in [5.41, 5.74) is 0.219. The minimum Gasteiger partial charge on any atom is -0.395 e. The molecule has 0 spiro atoms. The van der Waals surface area contributed by atoms with E-state index in [2.05, 4.69) is 5.32 Å². The van der Waals surface area contributed by atoms with E-state index in [0.717, 1.165) is 0 Å². The number of nitrogens with one attached hydrogen (secondary N) is 1. The van der Waals surface area contributed by atoms with Gasteiger partial charge in [0.15, 0.2) is 0 Å². The summed E-state index contributed by atoms with van der Waals surface area (Å²) in [7, 11) is 0. The van der Waals surface area contributed by atoms with E-state index in [1.54, 1.807) is 6.92 Å². The van der Waals surface area contributed by atoms with Crippen molar-refractivity contribution in [3.8, 4) is 0 Å². The van der Waals surface area contributed by atoms with E-state index in [-0.39, 0.29) is 49.1 Å². The highest BCUT2D eigenvalue weighted by atomic mass is 16.6. The molecule has 0 aliphatic carbocycles. The summed E-state index contributed by atoms with van der Waals surface area (Å²) < 4.78 is 0. The zero-order chi connectivity index (χ0) is 15.8. The number of carbonyl (C=O) groups is 1. The number of hydrogen-bond acceptors (Lipinski definition) is 6. The molecule has 0 bridgehead atoms. The fourth-order valence-electron chi connectivity index (χ4n) is 1.94. The Hall–Kier alpha value is -2.19. The number of nitro benzene ring substituents is 1. The summed E-state index contributed by atoms with van der Waals surface area (Å²) in [4.78, 5) is 23.8. The van der Waals surface area contributed by atoms with E-state index in [1.165, 1.54) is 23.1 Å². The minimum atomic E-state index is -0.584. The van der Waals surface area contributed by atoms with Crippen LogP contribution in [0.4, 0.5) is 11.4 Å². The molecule has 0 aliphatic heterocycles. The third kappa shape index (κ3) is 4.40. The Kier molecular flexibility index (Phi) is 6.57. The Balaban J connectivity index is 3.20. The van der Waals surface area contributed by atoms with Crippen LogP contribution in [0.15, 0.2) is 18.2 Å². The van der Waals surface area contributed by atoms with Crippen LogP contribution < -0.4 is 10.2 Å². The van der Waals surface area contributed by atoms with E-state index < -0.39 is 4.92 Å². The van der Waals surface area contributed by atoms with E-state index in [9.17, 15) is 14.9 Å². The number of carbonyl (C=O) groups excluding carboxylic acids is 1. The first-order valence-electron chi connectivity index (χ1n) is 6.58. The number of amides is 1. The van der Waals surface area contributed by atoms with Crippen LogP contribution in [0, 0.1) is 10.1 Å². The van der Waals surface area contributed by atoms with E-state index in [0.29, 0.717) is 6.54 Å². The fourth-order valence-corrected chi connectivity index (χ4v) is 1.94. The van der Waals surface area contributed by atoms with Crippen LogP contribution in [0.25, 0.3) is 0 Å². The van der Waals surface area contributed by atoms with Crippen molar-refractivity contribution >= 4 is 17.3 Å². The molecule has 8 heteroatoms. The second-order valence-corrected chi connectivity index (χ2v) is 4.25. The van der Waals surface area contributed by atoms with Gasteiger partial charge in [0, 0.05) is 31.3 Å². The molecule has 1 aromatic carbocycles. The molecule has 0 atom stereocenters. The van der Waals surface area contributed by atoms with Crippen molar-refractivity contribution in [2.24, 2.45) is 0 Å². The number of aliphatic hydroxyl groups is 2. The second kappa shape index (κ2) is 8.18. The third-order valence-corrected chi connectivity index (χ3v) is 2.85. The Morgan fingerprint density at radius 3 is 2.43 bits per heavy atom. The van der Waals surface area contributed by atoms with Crippen LogP contribution in [0.5, 0.6) is 0 Å². The number of hydrogen-bond donors (Lipinski definition) is 3. The maximum Gasteiger partial charge on any atom is 0.293 e. The Labute approximate surface area is 122 Å². The molecule has 1 amide bonds. The van der Waals surface area contributed by atoms with E-state index >= 15 is 0 Å². The molecule has 0 saturated carbocycles. The average molecular weight is 297 g/mol. The largest absolute Gasteiger partial charge is 0.395 e. The summed E-state index contributed by atoms with van der Waals surface area (Å²) in [6.07, 6.45) is 0. The number of aliphatic hydroxyl groups excluding tert-OH is 2. The van der Waals surface area contributed by atoms with Crippen LogP contribution in [-0.4, -0.2) is 53.9 Å². The lowest BCUT2D eigenvalue weighted by Crippen LogP contribution is -2.30. The van der Waals surface area contributed by atoms with Gasteiger partial charge < -0.3 is 20.4 Å². The lowest BCUT2D eigenvalue weighted by atomic mass is 10.1. The number of nitrogens with zero attached hydrogens (tertiary/aromatic N) is 2. The monoisotopic (exact) mass is 297 g/mol. The standard InChI is InChI=1S/C13H19N3O5/c1-2-14-13(19)10-3-4-11(12(9-10)16(20)21)15(5-7-17)6-8-18/h3-4,9,17-18H,2,5-8H2,1H3,(H,14,19). The highest BCUT2D eigenvalue weighted by molar-refractivity contribution is 5.95. The molecule has 3 N–H and O–H groups in total. The SMILES string of the molecule is CCNC(=O)c1ccc(N(CCO)CCO)c([N+](=O)[O-])c1. The van der Waals surface area contributed by atoms with Crippen LogP contribution in [-0.2, 0) is 0 Å². The van der Waals surface area contributed by atoms with Crippen molar-refractivity contribution < 1.29 is 19.9 Å². The third-order valence-electron chi connectivity index (χ3n) is 2.85. The van der Waals surface area contributed by atoms with Crippen molar-refractivity contribution in [3.05, 3.63) is 33.9 Å². The van der Waals surface area contributed by atoms with Gasteiger partial charge in [-0.1, -0.05) is 0 Å². The van der Waals surface area contributed by atoms with Gasteiger partial charge in [0.1, 0.15) is 5.69 Å². The molecule has 116 valence electrons. The molecule has 0 heterocycles. The normalized spacial score (nSPS) is 10.2. The predicted octanol–water partition coefficient (Wildman–Crippen LogP) is 0.136. The quantitative estimate of drug-likeness (QED) is 0.464. The summed E-state index contributed by atoms with van der Waals surface area (Å²) in [6.45, 7) is 2.09. The van der Waals surface area contributed by atoms with Crippen LogP contribution in [0.3, 0.4) is 0 Å². The Morgan fingerprint density at radius 1 is 1.33 bits per heavy atom. The van der Waals surface area contributed by atoms with Crippen molar-refractivity contribution in [2.45, 2.75) is 6.92 Å². The van der Waals surface area contributed by atoms with E-state index in [1.807, 2.05) is 0 Å². The molecular formula is C13H19N3O5. The highest BCUT2D eigenvalue weighted by Gasteiger charge is 2.21. The van der Waals surface area contributed by atoms with Gasteiger partial charge in [0.05, 0.1) is 18.1 Å². The molecular weight excluding hydrogens is 278 g/mol. The lowest BCUT2D eigenvalue weighted by molar-refractivity contribution is -0.384. The van der Waals surface area contributed by atoms with Gasteiger partial charge in [-0.25, -0.2) is 0 Å². The Bertz CT molecular complexity index is 501. The van der Waals surface area contributed by atoms with Crippen molar-refractivity contribution in [3.63, 3.8) is 0 Å². The highest BCUT2D eigenvalue weighted by Crippen LogP contribution is 2.29. The smallest absolute Gasteiger partial charge is 0.293 e. The molecule has 0 unspecified atom stereocenters. The van der Waals surface area contributed by atoms with Gasteiger partial charge in [-0.15, -0.1) is 0 Å². The molecule has 21 heavy (non-hydrogen) atoms. The molecule has 0 fully saturated rings. The second-order valence-electron chi connectivity index (χ2n) is 4.25. The van der Waals surface area contributed by atoms with Crippen molar-refractivity contribution in [2.75, 3.05) is 37.7 Å². The summed E-state index contributed by atoms with van der Waals surface area (Å²) >= 11 is 0. The van der Waals surface area contributed by atoms with Crippen LogP contribution >= 0.6 is 0 Å². The van der Waals surface area contributed by atoms with Crippen molar-refractivity contribution in [1.82, 2.24) is 5.32 Å². The summed E-state index contributed by atoms with van der Waals surface area (Å²) in [5, 5.41) is 31.8. The summed E-state index contributed by atoms with van der Waals surface area (Å²) in [6, 6.07) is 4.13. The zero-order valence-electron chi connectivity index (χ0n) is 11.8. The van der Waals surface area contributed by atoms with Gasteiger partial charge in [-0.05, 0) is 19.1 Å². The molecule has 0 saturated heterocycles. The molecule has 1 aromatic rings. The molecule has 0 aromatic heterocycles. The van der Waals surface area contributed by atoms with Gasteiger partial charge in [0.25, 0.3) is 11.6 Å². The lowest BCUT2D eigenvalue weighted by Gasteiger charge is -2.22. The average Bonchev–Trinajstić information content (AvgIpc) is 2.46. The first kappa shape index (κ1) is 16.9. The fraction of sp³-hybridized carbons (Fsp3) is 0.462. The number of rotatable bonds is 8. The molecule has 0 radical (unpaired) electrons. The topological polar surface area (TPSA) is 116 Å². The first-order chi connectivity index (χ1) is 10.0. The van der Waals surface area contributed by atoms with Crippen molar-refractivity contribution in [1.29, 1.82) is 0 Å². The van der Waals surface area contributed by atoms with Crippen LogP contribution in [0.2, 0.25) is 0 Å². The number of anilines is 1. The van der Waals surface area contributed by atoms with Gasteiger partial charge >= 0.3 is 0 Å². The maximum absolute atomic E-state index is 11.7. The van der Waals surface area contributed by atoms with Gasteiger partial charge in [0.2, 0.25) is 0 Å². The summed E-state index contributed by atoms with van der Waals surface area (Å²) in [5.74, 6) is -0.386. The Morgan fingerprint density at radius 2 is 1.95 bits per heavy atom. The van der Waals surface area contributed by atoms with E-state index in [4.69, 9.17) is 10.2 Å². The molecule has 0 aliphatic rings. The zero-order valence-corrected chi connectivity index (χ0v) is 11.8. The number of benzene rings is 1. The number of nitro groups is 1. The van der Waals surface area contributed by atoms with Crippen LogP contribution in [0.1, 0.15) is 17.3 Å². The van der Waals surface area contributed by atoms with Gasteiger partial charge in [-0.2, -0.15) is 0 Å². The first-order valence-corrected chi connectivity index (χ1v) is 6.58. The molecule has 8 nitrogen and oxygen atoms in total. The minimum absolute atomic E-state index is 0.155. The maximum atomic E-state index is 11.7.